The van der Waals surface area contributed by atoms with Gasteiger partial charge in [0, 0.05) is 24.2 Å². The van der Waals surface area contributed by atoms with Gasteiger partial charge in [0.15, 0.2) is 10.6 Å². The highest BCUT2D eigenvalue weighted by Gasteiger charge is 2.12. The fourth-order valence-electron chi connectivity index (χ4n) is 2.77. The minimum Gasteiger partial charge on any atom is -0.494 e. The first-order chi connectivity index (χ1) is 14.5. The van der Waals surface area contributed by atoms with Crippen molar-refractivity contribution in [2.45, 2.75) is 26.5 Å². The van der Waals surface area contributed by atoms with Crippen molar-refractivity contribution in [1.82, 2.24) is 14.8 Å². The van der Waals surface area contributed by atoms with Gasteiger partial charge in [-0.05, 0) is 67.7 Å². The summed E-state index contributed by atoms with van der Waals surface area (Å²) in [5, 5.41) is 9.71. The van der Waals surface area contributed by atoms with E-state index >= 15 is 0 Å². The van der Waals surface area contributed by atoms with Gasteiger partial charge in [-0.15, -0.1) is 0 Å². The third kappa shape index (κ3) is 5.63. The average Bonchev–Trinajstić information content (AvgIpc) is 3.09. The fourth-order valence-corrected chi connectivity index (χ4v) is 2.99. The Bertz CT molecular complexity index is 1030. The molecule has 0 fully saturated rings. The average molecular weight is 434 g/mol. The SMILES string of the molecule is CCOc1ccc(-c2n[nH]c(=S)n2CCC(=O)Nc2ccc(OC(F)F)cc2)cc1. The van der Waals surface area contributed by atoms with Crippen LogP contribution in [0.3, 0.4) is 0 Å². The van der Waals surface area contributed by atoms with E-state index in [9.17, 15) is 13.6 Å². The van der Waals surface area contributed by atoms with Crippen LogP contribution in [0.2, 0.25) is 0 Å². The number of amides is 1. The molecule has 2 aromatic carbocycles. The van der Waals surface area contributed by atoms with E-state index in [-0.39, 0.29) is 18.1 Å². The molecule has 3 rings (SSSR count). The molecule has 10 heteroatoms. The summed E-state index contributed by atoms with van der Waals surface area (Å²) in [4.78, 5) is 12.3. The quantitative estimate of drug-likeness (QED) is 0.480. The molecule has 2 N–H and O–H groups in total. The van der Waals surface area contributed by atoms with E-state index in [1.165, 1.54) is 24.3 Å². The molecule has 0 aliphatic heterocycles. The minimum absolute atomic E-state index is 0.0210. The summed E-state index contributed by atoms with van der Waals surface area (Å²) in [7, 11) is 0. The molecule has 0 saturated heterocycles. The summed E-state index contributed by atoms with van der Waals surface area (Å²) in [6, 6.07) is 13.1. The molecule has 1 aromatic heterocycles. The van der Waals surface area contributed by atoms with E-state index in [4.69, 9.17) is 17.0 Å². The number of nitrogens with zero attached hydrogens (tertiary/aromatic N) is 2. The van der Waals surface area contributed by atoms with Crippen molar-refractivity contribution < 1.29 is 23.0 Å². The first-order valence-electron chi connectivity index (χ1n) is 9.19. The van der Waals surface area contributed by atoms with Crippen molar-refractivity contribution in [3.05, 3.63) is 53.3 Å². The van der Waals surface area contributed by atoms with E-state index in [1.54, 1.807) is 4.57 Å². The molecule has 3 aromatic rings. The maximum absolute atomic E-state index is 12.3. The predicted molar refractivity (Wildman–Crippen MR) is 110 cm³/mol. The number of aromatic amines is 1. The van der Waals surface area contributed by atoms with Gasteiger partial charge >= 0.3 is 6.61 Å². The molecule has 7 nitrogen and oxygen atoms in total. The van der Waals surface area contributed by atoms with Gasteiger partial charge in [-0.2, -0.15) is 13.9 Å². The molecule has 1 amide bonds. The van der Waals surface area contributed by atoms with Crippen LogP contribution in [0.5, 0.6) is 11.5 Å². The number of carbonyl (C=O) groups excluding carboxylic acids is 1. The van der Waals surface area contributed by atoms with Crippen LogP contribution in [0.4, 0.5) is 14.5 Å². The molecule has 0 radical (unpaired) electrons. The first-order valence-corrected chi connectivity index (χ1v) is 9.60. The molecule has 0 spiro atoms. The highest BCUT2D eigenvalue weighted by atomic mass is 32.1. The number of halogens is 2. The van der Waals surface area contributed by atoms with Crippen LogP contribution in [0, 0.1) is 4.77 Å². The minimum atomic E-state index is -2.89. The van der Waals surface area contributed by atoms with Gasteiger partial charge in [0.05, 0.1) is 6.61 Å². The van der Waals surface area contributed by atoms with E-state index in [1.807, 2.05) is 31.2 Å². The number of hydrogen-bond donors (Lipinski definition) is 2. The first kappa shape index (κ1) is 21.4. The lowest BCUT2D eigenvalue weighted by Crippen LogP contribution is -2.15. The summed E-state index contributed by atoms with van der Waals surface area (Å²) < 4.78 is 36.2. The Morgan fingerprint density at radius 2 is 1.83 bits per heavy atom. The van der Waals surface area contributed by atoms with Gasteiger partial charge < -0.3 is 14.8 Å². The number of nitrogens with one attached hydrogen (secondary N) is 2. The van der Waals surface area contributed by atoms with Gasteiger partial charge in [0.2, 0.25) is 5.91 Å². The lowest BCUT2D eigenvalue weighted by molar-refractivity contribution is -0.116. The van der Waals surface area contributed by atoms with Crippen LogP contribution in [-0.2, 0) is 11.3 Å². The highest BCUT2D eigenvalue weighted by molar-refractivity contribution is 7.71. The fraction of sp³-hybridized carbons (Fsp3) is 0.250. The zero-order valence-electron chi connectivity index (χ0n) is 16.1. The maximum atomic E-state index is 12.3. The Morgan fingerprint density at radius 1 is 1.17 bits per heavy atom. The Hall–Kier alpha value is -3.27. The van der Waals surface area contributed by atoms with Gasteiger partial charge in [0.1, 0.15) is 11.5 Å². The van der Waals surface area contributed by atoms with Crippen molar-refractivity contribution in [3.63, 3.8) is 0 Å². The van der Waals surface area contributed by atoms with Gasteiger partial charge in [-0.1, -0.05) is 0 Å². The van der Waals surface area contributed by atoms with Crippen LogP contribution < -0.4 is 14.8 Å². The molecule has 0 saturated carbocycles. The van der Waals surface area contributed by atoms with Crippen LogP contribution >= 0.6 is 12.2 Å². The molecule has 0 aliphatic carbocycles. The van der Waals surface area contributed by atoms with Crippen LogP contribution in [0.1, 0.15) is 13.3 Å². The topological polar surface area (TPSA) is 81.2 Å². The third-order valence-electron chi connectivity index (χ3n) is 4.11. The molecule has 158 valence electrons. The lowest BCUT2D eigenvalue weighted by Gasteiger charge is -2.09. The van der Waals surface area contributed by atoms with Crippen molar-refractivity contribution in [3.8, 4) is 22.9 Å². The molecule has 0 unspecified atom stereocenters. The smallest absolute Gasteiger partial charge is 0.387 e. The summed E-state index contributed by atoms with van der Waals surface area (Å²) in [5.74, 6) is 1.14. The largest absolute Gasteiger partial charge is 0.494 e. The van der Waals surface area contributed by atoms with Crippen LogP contribution in [0.25, 0.3) is 11.4 Å². The molecule has 0 atom stereocenters. The number of benzene rings is 2. The zero-order valence-corrected chi connectivity index (χ0v) is 16.9. The standard InChI is InChI=1S/C20H20F2N4O3S/c1-2-28-15-7-3-13(4-8-15)18-24-25-20(30)26(18)12-11-17(27)23-14-5-9-16(10-6-14)29-19(21)22/h3-10,19H,2,11-12H2,1H3,(H,23,27)(H,25,30). The number of rotatable bonds is 9. The Labute approximate surface area is 176 Å². The normalized spacial score (nSPS) is 10.8. The lowest BCUT2D eigenvalue weighted by atomic mass is 10.2. The molecular formula is C20H20F2N4O3S. The van der Waals surface area contributed by atoms with E-state index in [2.05, 4.69) is 20.3 Å². The van der Waals surface area contributed by atoms with Gasteiger partial charge in [-0.25, -0.2) is 0 Å². The summed E-state index contributed by atoms with van der Waals surface area (Å²) in [6.07, 6.45) is 0.146. The molecule has 1 heterocycles. The molecule has 30 heavy (non-hydrogen) atoms. The molecule has 0 aliphatic rings. The summed E-state index contributed by atoms with van der Waals surface area (Å²) in [6.45, 7) is -0.0873. The zero-order chi connectivity index (χ0) is 21.5. The number of aromatic nitrogens is 3. The van der Waals surface area contributed by atoms with E-state index in [0.29, 0.717) is 29.4 Å². The van der Waals surface area contributed by atoms with Crippen molar-refractivity contribution in [2.24, 2.45) is 0 Å². The number of carbonyl (C=O) groups is 1. The van der Waals surface area contributed by atoms with Crippen LogP contribution in [0.15, 0.2) is 48.5 Å². The highest BCUT2D eigenvalue weighted by Crippen LogP contribution is 2.22. The Kier molecular flexibility index (Phi) is 7.12. The second kappa shape index (κ2) is 9.97. The second-order valence-corrected chi connectivity index (χ2v) is 6.55. The Morgan fingerprint density at radius 3 is 2.47 bits per heavy atom. The van der Waals surface area contributed by atoms with Crippen molar-refractivity contribution >= 4 is 23.8 Å². The summed E-state index contributed by atoms with van der Waals surface area (Å²) >= 11 is 5.28. The molecule has 0 bridgehead atoms. The van der Waals surface area contributed by atoms with Crippen LogP contribution in [-0.4, -0.2) is 33.9 Å². The number of ether oxygens (including phenoxy) is 2. The predicted octanol–water partition coefficient (Wildman–Crippen LogP) is 4.64. The monoisotopic (exact) mass is 434 g/mol. The number of hydrogen-bond acceptors (Lipinski definition) is 5. The van der Waals surface area contributed by atoms with Crippen molar-refractivity contribution in [2.75, 3.05) is 11.9 Å². The number of H-pyrrole nitrogens is 1. The van der Waals surface area contributed by atoms with E-state index < -0.39 is 6.61 Å². The third-order valence-corrected chi connectivity index (χ3v) is 4.42. The molecular weight excluding hydrogens is 414 g/mol. The second-order valence-electron chi connectivity index (χ2n) is 6.16. The number of anilines is 1. The van der Waals surface area contributed by atoms with Gasteiger partial charge in [-0.3, -0.25) is 14.5 Å². The maximum Gasteiger partial charge on any atom is 0.387 e. The summed E-state index contributed by atoms with van der Waals surface area (Å²) in [5.41, 5.74) is 1.31. The number of alkyl halides is 2. The van der Waals surface area contributed by atoms with Crippen molar-refractivity contribution in [1.29, 1.82) is 0 Å². The van der Waals surface area contributed by atoms with Gasteiger partial charge in [0.25, 0.3) is 0 Å². The Balaban J connectivity index is 1.62. The van der Waals surface area contributed by atoms with E-state index in [0.717, 1.165) is 11.3 Å².